The molecule has 1 aliphatic carbocycles. The fraction of sp³-hybridized carbons (Fsp3) is 0.500. The highest BCUT2D eigenvalue weighted by atomic mass is 35.5. The van der Waals surface area contributed by atoms with Gasteiger partial charge in [0.15, 0.2) is 12.0 Å². The normalized spacial score (nSPS) is 26.8. The van der Waals surface area contributed by atoms with E-state index in [1.165, 1.54) is 16.8 Å². The molecule has 32 heavy (non-hydrogen) atoms. The first-order valence-corrected chi connectivity index (χ1v) is 11.1. The number of rotatable bonds is 7. The molecule has 0 radical (unpaired) electrons. The molecule has 3 N–H and O–H groups in total. The molecule has 1 unspecified atom stereocenters. The van der Waals surface area contributed by atoms with Gasteiger partial charge in [-0.3, -0.25) is 4.57 Å². The summed E-state index contributed by atoms with van der Waals surface area (Å²) < 4.78 is 19.0. The molecule has 9 nitrogen and oxygen atoms in total. The van der Waals surface area contributed by atoms with Crippen LogP contribution in [0.3, 0.4) is 0 Å². The molecule has 0 bridgehead atoms. The van der Waals surface area contributed by atoms with Crippen LogP contribution in [0.4, 0.5) is 5.82 Å². The van der Waals surface area contributed by atoms with Gasteiger partial charge in [-0.25, -0.2) is 9.59 Å². The number of nitrogen functional groups attached to an aromatic ring is 1. The van der Waals surface area contributed by atoms with E-state index in [1.807, 2.05) is 0 Å². The molecule has 1 aliphatic heterocycles. The molecule has 0 spiro atoms. The zero-order valence-corrected chi connectivity index (χ0v) is 18.2. The lowest BCUT2D eigenvalue weighted by Gasteiger charge is -2.29. The maximum atomic E-state index is 12.5. The molecule has 2 fully saturated rings. The minimum Gasteiger partial charge on any atom is -0.459 e. The van der Waals surface area contributed by atoms with Gasteiger partial charge in [0.2, 0.25) is 0 Å². The molecule has 2 heterocycles. The number of ether oxygens (including phenoxy) is 3. The van der Waals surface area contributed by atoms with Crippen molar-refractivity contribution in [3.63, 3.8) is 0 Å². The summed E-state index contributed by atoms with van der Waals surface area (Å²) >= 11 is 6.27. The molecular formula is C22H26ClN3O6. The molecule has 3 atom stereocenters. The molecule has 1 saturated carbocycles. The van der Waals surface area contributed by atoms with Gasteiger partial charge in [0.1, 0.15) is 24.1 Å². The highest BCUT2D eigenvalue weighted by Crippen LogP contribution is 2.43. The quantitative estimate of drug-likeness (QED) is 0.363. The van der Waals surface area contributed by atoms with E-state index in [-0.39, 0.29) is 24.7 Å². The second kappa shape index (κ2) is 9.19. The van der Waals surface area contributed by atoms with Crippen LogP contribution in [-0.2, 0) is 14.2 Å². The lowest BCUT2D eigenvalue weighted by molar-refractivity contribution is -0.240. The Morgan fingerprint density at radius 2 is 2.00 bits per heavy atom. The van der Waals surface area contributed by atoms with Crippen molar-refractivity contribution < 1.29 is 24.1 Å². The van der Waals surface area contributed by atoms with Gasteiger partial charge < -0.3 is 25.1 Å². The van der Waals surface area contributed by atoms with Gasteiger partial charge in [-0.15, -0.1) is 11.6 Å². The number of alkyl halides is 1. The highest BCUT2D eigenvalue weighted by molar-refractivity contribution is 6.18. The lowest BCUT2D eigenvalue weighted by Crippen LogP contribution is -2.39. The molecule has 1 aromatic carbocycles. The first-order valence-electron chi connectivity index (χ1n) is 10.5. The Bertz CT molecular complexity index is 1010. The summed E-state index contributed by atoms with van der Waals surface area (Å²) in [6, 6.07) is 10.0. The number of anilines is 1. The van der Waals surface area contributed by atoms with E-state index >= 15 is 0 Å². The zero-order chi connectivity index (χ0) is 22.8. The van der Waals surface area contributed by atoms with E-state index in [1.54, 1.807) is 30.3 Å². The number of nitrogens with two attached hydrogens (primary N) is 1. The van der Waals surface area contributed by atoms with Crippen molar-refractivity contribution in [3.8, 4) is 0 Å². The maximum absolute atomic E-state index is 12.5. The van der Waals surface area contributed by atoms with E-state index in [0.29, 0.717) is 18.4 Å². The standard InChI is InChI=1S/C22H26ClN3O6/c23-13-21(14-30-19(27)15-6-2-1-3-7-15)12-16(31-22(29)9-4-5-10-22)18(32-21)26-11-8-17(24)25-20(26)28/h1-3,6-8,11,16,18,29H,4-5,9-10,12-14H2,(H2,24,25,28)/t16?,18-,21-/m1/s1. The van der Waals surface area contributed by atoms with Crippen LogP contribution >= 0.6 is 11.6 Å². The van der Waals surface area contributed by atoms with Crippen LogP contribution in [0.25, 0.3) is 0 Å². The van der Waals surface area contributed by atoms with Crippen LogP contribution < -0.4 is 11.4 Å². The van der Waals surface area contributed by atoms with Crippen LogP contribution in [0.5, 0.6) is 0 Å². The Morgan fingerprint density at radius 3 is 2.66 bits per heavy atom. The summed E-state index contributed by atoms with van der Waals surface area (Å²) in [6.45, 7) is -0.143. The molecule has 2 aromatic rings. The topological polar surface area (TPSA) is 126 Å². The van der Waals surface area contributed by atoms with Gasteiger partial charge in [0.25, 0.3) is 0 Å². The van der Waals surface area contributed by atoms with E-state index in [2.05, 4.69) is 4.98 Å². The number of hydrogen-bond acceptors (Lipinski definition) is 8. The van der Waals surface area contributed by atoms with Crippen LogP contribution in [0, 0.1) is 0 Å². The van der Waals surface area contributed by atoms with Crippen molar-refractivity contribution in [2.75, 3.05) is 18.2 Å². The van der Waals surface area contributed by atoms with Crippen molar-refractivity contribution >= 4 is 23.4 Å². The number of hydrogen-bond donors (Lipinski definition) is 2. The summed E-state index contributed by atoms with van der Waals surface area (Å²) in [6.07, 6.45) is 2.70. The molecule has 2 aliphatic rings. The SMILES string of the molecule is Nc1ccn([C@@H]2O[C@](CCl)(COC(=O)c3ccccc3)CC2OC2(O)CCCC2)c(=O)n1. The van der Waals surface area contributed by atoms with Crippen LogP contribution in [0.1, 0.15) is 48.7 Å². The molecule has 0 amide bonds. The highest BCUT2D eigenvalue weighted by Gasteiger charge is 2.51. The number of nitrogens with zero attached hydrogens (tertiary/aromatic N) is 2. The number of esters is 1. The first kappa shape index (κ1) is 22.7. The van der Waals surface area contributed by atoms with E-state index in [9.17, 15) is 14.7 Å². The van der Waals surface area contributed by atoms with Crippen LogP contribution in [0.15, 0.2) is 47.4 Å². The monoisotopic (exact) mass is 463 g/mol. The molecular weight excluding hydrogens is 438 g/mol. The fourth-order valence-electron chi connectivity index (χ4n) is 4.20. The summed E-state index contributed by atoms with van der Waals surface area (Å²) in [4.78, 5) is 28.7. The number of benzene rings is 1. The largest absolute Gasteiger partial charge is 0.459 e. The third-order valence-electron chi connectivity index (χ3n) is 5.86. The van der Waals surface area contributed by atoms with Crippen molar-refractivity contribution in [1.82, 2.24) is 9.55 Å². The maximum Gasteiger partial charge on any atom is 0.351 e. The number of carbonyl (C=O) groups excluding carboxylic acids is 1. The van der Waals surface area contributed by atoms with Gasteiger partial charge in [-0.05, 0) is 31.0 Å². The van der Waals surface area contributed by atoms with Crippen LogP contribution in [-0.4, -0.2) is 50.6 Å². The number of aromatic nitrogens is 2. The second-order valence-electron chi connectivity index (χ2n) is 8.32. The smallest absolute Gasteiger partial charge is 0.351 e. The molecule has 1 aromatic heterocycles. The average Bonchev–Trinajstić information content (AvgIpc) is 3.37. The lowest BCUT2D eigenvalue weighted by atomic mass is 10.0. The van der Waals surface area contributed by atoms with Crippen molar-refractivity contribution in [2.24, 2.45) is 0 Å². The van der Waals surface area contributed by atoms with Gasteiger partial charge in [0, 0.05) is 25.5 Å². The molecule has 172 valence electrons. The van der Waals surface area contributed by atoms with Crippen molar-refractivity contribution in [3.05, 3.63) is 58.6 Å². The third-order valence-corrected chi connectivity index (χ3v) is 6.35. The Hall–Kier alpha value is -2.46. The molecule has 10 heteroatoms. The van der Waals surface area contributed by atoms with Crippen molar-refractivity contribution in [1.29, 1.82) is 0 Å². The minimum absolute atomic E-state index is 0.0129. The van der Waals surface area contributed by atoms with E-state index < -0.39 is 35.4 Å². The Labute approximate surface area is 190 Å². The number of carbonyl (C=O) groups is 1. The number of aliphatic hydroxyl groups is 1. The van der Waals surface area contributed by atoms with Gasteiger partial charge in [-0.1, -0.05) is 18.2 Å². The Morgan fingerprint density at radius 1 is 1.28 bits per heavy atom. The predicted molar refractivity (Wildman–Crippen MR) is 116 cm³/mol. The van der Waals surface area contributed by atoms with Crippen LogP contribution in [0.2, 0.25) is 0 Å². The summed E-state index contributed by atoms with van der Waals surface area (Å²) in [7, 11) is 0. The minimum atomic E-state index is -1.31. The molecule has 4 rings (SSSR count). The van der Waals surface area contributed by atoms with E-state index in [0.717, 1.165) is 12.8 Å². The summed E-state index contributed by atoms with van der Waals surface area (Å²) in [5.74, 6) is -1.75. The molecule has 1 saturated heterocycles. The predicted octanol–water partition coefficient (Wildman–Crippen LogP) is 2.23. The fourth-order valence-corrected chi connectivity index (χ4v) is 4.45. The van der Waals surface area contributed by atoms with Gasteiger partial charge in [0.05, 0.1) is 11.4 Å². The number of halogens is 1. The average molecular weight is 464 g/mol. The van der Waals surface area contributed by atoms with Crippen molar-refractivity contribution in [2.45, 2.75) is 55.8 Å². The zero-order valence-electron chi connectivity index (χ0n) is 17.5. The second-order valence-corrected chi connectivity index (χ2v) is 8.59. The summed E-state index contributed by atoms with van der Waals surface area (Å²) in [5, 5.41) is 10.8. The Kier molecular flexibility index (Phi) is 6.52. The summed E-state index contributed by atoms with van der Waals surface area (Å²) in [5.41, 5.74) is 4.29. The Balaban J connectivity index is 1.57. The first-order chi connectivity index (χ1) is 15.3. The van der Waals surface area contributed by atoms with Gasteiger partial charge in [-0.2, -0.15) is 4.98 Å². The van der Waals surface area contributed by atoms with E-state index in [4.69, 9.17) is 31.5 Å². The third kappa shape index (κ3) is 4.80. The van der Waals surface area contributed by atoms with Gasteiger partial charge >= 0.3 is 11.7 Å².